The van der Waals surface area contributed by atoms with Gasteiger partial charge in [-0.3, -0.25) is 0 Å². The van der Waals surface area contributed by atoms with E-state index >= 15 is 0 Å². The molecule has 0 radical (unpaired) electrons. The Morgan fingerprint density at radius 2 is 1.81 bits per heavy atom. The van der Waals surface area contributed by atoms with Crippen molar-refractivity contribution < 1.29 is 10.2 Å². The van der Waals surface area contributed by atoms with Crippen molar-refractivity contribution in [3.63, 3.8) is 0 Å². The molecule has 0 amide bonds. The Kier molecular flexibility index (Phi) is 6.17. The van der Waals surface area contributed by atoms with Gasteiger partial charge >= 0.3 is 0 Å². The molecule has 3 heteroatoms. The highest BCUT2D eigenvalue weighted by Gasteiger charge is 2.19. The molecule has 16 heavy (non-hydrogen) atoms. The van der Waals surface area contributed by atoms with Gasteiger partial charge in [-0.25, -0.2) is 0 Å². The van der Waals surface area contributed by atoms with Gasteiger partial charge in [0, 0.05) is 11.0 Å². The number of hydrogen-bond donors (Lipinski definition) is 2. The summed E-state index contributed by atoms with van der Waals surface area (Å²) >= 11 is 1.61. The molecular formula is C13H22O2S. The van der Waals surface area contributed by atoms with Gasteiger partial charge in [-0.1, -0.05) is 18.8 Å². The maximum atomic E-state index is 9.91. The van der Waals surface area contributed by atoms with Gasteiger partial charge in [-0.05, 0) is 39.9 Å². The molecule has 2 N–H and O–H groups in total. The maximum Gasteiger partial charge on any atom is 0.120 e. The van der Waals surface area contributed by atoms with Crippen molar-refractivity contribution in [2.75, 3.05) is 5.75 Å². The van der Waals surface area contributed by atoms with Crippen LogP contribution in [0.3, 0.4) is 0 Å². The first-order chi connectivity index (χ1) is 7.17. The van der Waals surface area contributed by atoms with Crippen molar-refractivity contribution in [2.24, 2.45) is 0 Å². The predicted molar refractivity (Wildman–Crippen MR) is 71.2 cm³/mol. The zero-order chi connectivity index (χ0) is 12.8. The second-order valence-corrected chi connectivity index (χ2v) is 5.88. The summed E-state index contributed by atoms with van der Waals surface area (Å²) in [6, 6.07) is 0. The minimum absolute atomic E-state index is 0.839. The lowest BCUT2D eigenvalue weighted by Crippen LogP contribution is -2.20. The predicted octanol–water partition coefficient (Wildman–Crippen LogP) is 2.56. The van der Waals surface area contributed by atoms with E-state index in [9.17, 15) is 10.2 Å². The van der Waals surface area contributed by atoms with Crippen LogP contribution in [0.2, 0.25) is 0 Å². The molecule has 0 aromatic heterocycles. The van der Waals surface area contributed by atoms with Crippen LogP contribution in [-0.4, -0.2) is 27.2 Å². The van der Waals surface area contributed by atoms with Gasteiger partial charge < -0.3 is 10.2 Å². The van der Waals surface area contributed by atoms with Gasteiger partial charge in [0.2, 0.25) is 0 Å². The van der Waals surface area contributed by atoms with Crippen molar-refractivity contribution in [1.82, 2.24) is 0 Å². The van der Waals surface area contributed by atoms with E-state index in [4.69, 9.17) is 0 Å². The Morgan fingerprint density at radius 3 is 2.19 bits per heavy atom. The standard InChI is InChI=1S/C13H22O2S/c1-6-10-16-11(13(4,5)15)8-7-9-12(2,3)14/h8,14-15H,6,10H2,1-5H3/b11-8+. The van der Waals surface area contributed by atoms with Crippen LogP contribution in [0.5, 0.6) is 0 Å². The second kappa shape index (κ2) is 6.34. The van der Waals surface area contributed by atoms with E-state index in [1.807, 2.05) is 0 Å². The Balaban J connectivity index is 4.75. The van der Waals surface area contributed by atoms with Crippen LogP contribution in [-0.2, 0) is 0 Å². The van der Waals surface area contributed by atoms with E-state index in [1.54, 1.807) is 45.5 Å². The van der Waals surface area contributed by atoms with E-state index in [2.05, 4.69) is 18.8 Å². The highest BCUT2D eigenvalue weighted by molar-refractivity contribution is 8.03. The van der Waals surface area contributed by atoms with Crippen LogP contribution in [0, 0.1) is 11.8 Å². The minimum atomic E-state index is -0.989. The molecule has 0 heterocycles. The molecule has 0 saturated heterocycles. The summed E-state index contributed by atoms with van der Waals surface area (Å²) in [5.41, 5.74) is -1.86. The number of thioether (sulfide) groups is 1. The first-order valence-electron chi connectivity index (χ1n) is 5.47. The highest BCUT2D eigenvalue weighted by Crippen LogP contribution is 2.27. The lowest BCUT2D eigenvalue weighted by Gasteiger charge is -2.20. The molecule has 0 unspecified atom stereocenters. The largest absolute Gasteiger partial charge is 0.385 e. The molecule has 0 aliphatic rings. The fourth-order valence-electron chi connectivity index (χ4n) is 0.885. The van der Waals surface area contributed by atoms with E-state index < -0.39 is 11.2 Å². The molecule has 0 saturated carbocycles. The lowest BCUT2D eigenvalue weighted by atomic mass is 10.1. The maximum absolute atomic E-state index is 9.91. The van der Waals surface area contributed by atoms with Crippen LogP contribution in [0.1, 0.15) is 41.0 Å². The summed E-state index contributed by atoms with van der Waals surface area (Å²) in [6.45, 7) is 8.85. The zero-order valence-corrected chi connectivity index (χ0v) is 11.6. The van der Waals surface area contributed by atoms with Crippen molar-refractivity contribution in [3.05, 3.63) is 11.0 Å². The Bertz CT molecular complexity index is 295. The summed E-state index contributed by atoms with van der Waals surface area (Å²) in [7, 11) is 0. The highest BCUT2D eigenvalue weighted by atomic mass is 32.2. The molecule has 0 bridgehead atoms. The van der Waals surface area contributed by atoms with E-state index in [1.165, 1.54) is 0 Å². The molecule has 0 aromatic rings. The molecule has 0 atom stereocenters. The summed E-state index contributed by atoms with van der Waals surface area (Å²) in [6.07, 6.45) is 2.75. The Hall–Kier alpha value is -0.430. The van der Waals surface area contributed by atoms with E-state index in [0.717, 1.165) is 17.1 Å². The van der Waals surface area contributed by atoms with Gasteiger partial charge in [0.25, 0.3) is 0 Å². The quantitative estimate of drug-likeness (QED) is 0.744. The molecule has 0 aliphatic heterocycles. The number of rotatable bonds is 4. The zero-order valence-electron chi connectivity index (χ0n) is 10.8. The SMILES string of the molecule is CCCS/C(=C/C#CC(C)(C)O)C(C)(C)O. The van der Waals surface area contributed by atoms with Gasteiger partial charge in [-0.2, -0.15) is 0 Å². The van der Waals surface area contributed by atoms with Crippen LogP contribution in [0.25, 0.3) is 0 Å². The minimum Gasteiger partial charge on any atom is -0.385 e. The Morgan fingerprint density at radius 1 is 1.25 bits per heavy atom. The summed E-state index contributed by atoms with van der Waals surface area (Å²) in [4.78, 5) is 0.839. The second-order valence-electron chi connectivity index (χ2n) is 4.74. The number of allylic oxidation sites excluding steroid dienone is 1. The summed E-state index contributed by atoms with van der Waals surface area (Å²) < 4.78 is 0. The first kappa shape index (κ1) is 15.6. The van der Waals surface area contributed by atoms with Crippen molar-refractivity contribution >= 4 is 11.8 Å². The third kappa shape index (κ3) is 7.81. The van der Waals surface area contributed by atoms with Crippen LogP contribution in [0.4, 0.5) is 0 Å². The first-order valence-corrected chi connectivity index (χ1v) is 6.46. The van der Waals surface area contributed by atoms with Gasteiger partial charge in [0.05, 0.1) is 5.60 Å². The molecule has 0 spiro atoms. The molecule has 0 fully saturated rings. The lowest BCUT2D eigenvalue weighted by molar-refractivity contribution is 0.129. The Labute approximate surface area is 103 Å². The van der Waals surface area contributed by atoms with E-state index in [-0.39, 0.29) is 0 Å². The fraction of sp³-hybridized carbons (Fsp3) is 0.692. The number of aliphatic hydroxyl groups is 2. The van der Waals surface area contributed by atoms with Crippen molar-refractivity contribution in [2.45, 2.75) is 52.2 Å². The van der Waals surface area contributed by atoms with Gasteiger partial charge in [0.1, 0.15) is 5.60 Å². The topological polar surface area (TPSA) is 40.5 Å². The van der Waals surface area contributed by atoms with Crippen molar-refractivity contribution in [3.8, 4) is 11.8 Å². The van der Waals surface area contributed by atoms with Gasteiger partial charge in [0.15, 0.2) is 0 Å². The summed E-state index contributed by atoms with van der Waals surface area (Å²) in [5.74, 6) is 6.46. The smallest absolute Gasteiger partial charge is 0.120 e. The molecule has 0 aliphatic carbocycles. The average molecular weight is 242 g/mol. The third-order valence-corrected chi connectivity index (χ3v) is 3.19. The molecule has 2 nitrogen and oxygen atoms in total. The fourth-order valence-corrected chi connectivity index (χ4v) is 1.80. The number of hydrogen-bond acceptors (Lipinski definition) is 3. The molecular weight excluding hydrogens is 220 g/mol. The molecule has 0 aromatic carbocycles. The monoisotopic (exact) mass is 242 g/mol. The van der Waals surface area contributed by atoms with Crippen LogP contribution in [0.15, 0.2) is 11.0 Å². The third-order valence-electron chi connectivity index (χ3n) is 1.65. The normalized spacial score (nSPS) is 13.3. The average Bonchev–Trinajstić information content (AvgIpc) is 2.06. The van der Waals surface area contributed by atoms with Gasteiger partial charge in [-0.15, -0.1) is 11.8 Å². The van der Waals surface area contributed by atoms with Crippen LogP contribution < -0.4 is 0 Å². The molecule has 0 rings (SSSR count). The summed E-state index contributed by atoms with van der Waals surface area (Å²) in [5, 5.41) is 19.4. The molecule has 92 valence electrons. The van der Waals surface area contributed by atoms with E-state index in [0.29, 0.717) is 0 Å². The van der Waals surface area contributed by atoms with Crippen molar-refractivity contribution in [1.29, 1.82) is 0 Å². The van der Waals surface area contributed by atoms with Crippen LogP contribution >= 0.6 is 11.8 Å².